The minimum atomic E-state index is -0.243. The molecule has 0 aliphatic rings. The van der Waals surface area contributed by atoms with Crippen LogP contribution in [0.1, 0.15) is 17.7 Å². The molecule has 0 bridgehead atoms. The molecule has 9 heteroatoms. The van der Waals surface area contributed by atoms with E-state index >= 15 is 0 Å². The molecule has 0 spiro atoms. The number of ether oxygens (including phenoxy) is 1. The molecule has 0 radical (unpaired) electrons. The molecule has 3 aromatic rings. The zero-order chi connectivity index (χ0) is 19.6. The first kappa shape index (κ1) is 20.2. The normalized spacial score (nSPS) is 11.1. The third-order valence-corrected chi connectivity index (χ3v) is 6.61. The van der Waals surface area contributed by atoms with Gasteiger partial charge in [-0.05, 0) is 31.0 Å². The van der Waals surface area contributed by atoms with Crippen LogP contribution in [-0.2, 0) is 9.53 Å². The Morgan fingerprint density at radius 2 is 2.11 bits per heavy atom. The maximum absolute atomic E-state index is 12.7. The van der Waals surface area contributed by atoms with Gasteiger partial charge >= 0.3 is 5.97 Å². The number of hydrogen-bond acceptors (Lipinski definition) is 6. The number of rotatable bonds is 6. The number of hydrogen-bond donors (Lipinski definition) is 1. The summed E-state index contributed by atoms with van der Waals surface area (Å²) in [7, 11) is 1.37. The molecule has 0 amide bonds. The van der Waals surface area contributed by atoms with E-state index in [0.29, 0.717) is 44.0 Å². The van der Waals surface area contributed by atoms with Gasteiger partial charge in [-0.3, -0.25) is 9.59 Å². The quantitative estimate of drug-likeness (QED) is 0.242. The molecule has 0 saturated carbocycles. The molecule has 0 atom stereocenters. The van der Waals surface area contributed by atoms with Gasteiger partial charge in [0.15, 0.2) is 5.16 Å². The Morgan fingerprint density at radius 3 is 2.81 bits per heavy atom. The zero-order valence-electron chi connectivity index (χ0n) is 14.6. The smallest absolute Gasteiger partial charge is 0.305 e. The van der Waals surface area contributed by atoms with Gasteiger partial charge in [-0.1, -0.05) is 41.0 Å². The zero-order valence-corrected chi connectivity index (χ0v) is 17.7. The van der Waals surface area contributed by atoms with Crippen LogP contribution in [-0.4, -0.2) is 28.8 Å². The first-order valence-corrected chi connectivity index (χ1v) is 10.6. The summed E-state index contributed by atoms with van der Waals surface area (Å²) in [5.74, 6) is 0.417. The van der Waals surface area contributed by atoms with E-state index in [1.807, 2.05) is 13.0 Å². The number of aromatic nitrogens is 2. The third-order valence-electron chi connectivity index (χ3n) is 3.92. The average Bonchev–Trinajstić information content (AvgIpc) is 2.97. The van der Waals surface area contributed by atoms with E-state index in [1.54, 1.807) is 12.1 Å². The number of nitrogens with one attached hydrogen (secondary N) is 1. The lowest BCUT2D eigenvalue weighted by atomic mass is 10.0. The van der Waals surface area contributed by atoms with E-state index in [0.717, 1.165) is 16.0 Å². The molecule has 0 aliphatic heterocycles. The topological polar surface area (TPSA) is 72.0 Å². The van der Waals surface area contributed by atoms with Crippen molar-refractivity contribution in [3.63, 3.8) is 0 Å². The maximum atomic E-state index is 12.7. The van der Waals surface area contributed by atoms with Crippen molar-refractivity contribution in [2.45, 2.75) is 24.9 Å². The number of benzene rings is 1. The molecule has 0 saturated heterocycles. The molecule has 0 fully saturated rings. The van der Waals surface area contributed by atoms with Gasteiger partial charge in [0.1, 0.15) is 4.83 Å². The van der Waals surface area contributed by atoms with Crippen molar-refractivity contribution >= 4 is 62.5 Å². The molecular formula is C18H16Cl2N2O3S2. The Bertz CT molecular complexity index is 1060. The van der Waals surface area contributed by atoms with Gasteiger partial charge in [0.05, 0.1) is 22.5 Å². The predicted molar refractivity (Wildman–Crippen MR) is 112 cm³/mol. The van der Waals surface area contributed by atoms with Crippen molar-refractivity contribution in [1.29, 1.82) is 0 Å². The average molecular weight is 443 g/mol. The van der Waals surface area contributed by atoms with Crippen LogP contribution in [0.2, 0.25) is 10.0 Å². The first-order chi connectivity index (χ1) is 12.9. The van der Waals surface area contributed by atoms with Crippen LogP contribution in [0.4, 0.5) is 0 Å². The van der Waals surface area contributed by atoms with Crippen LogP contribution in [0.25, 0.3) is 21.3 Å². The lowest BCUT2D eigenvalue weighted by Gasteiger charge is -2.04. The molecule has 1 aromatic carbocycles. The van der Waals surface area contributed by atoms with E-state index in [9.17, 15) is 9.59 Å². The third kappa shape index (κ3) is 4.48. The summed E-state index contributed by atoms with van der Waals surface area (Å²) in [6.07, 6.45) is 0.993. The van der Waals surface area contributed by atoms with Crippen molar-refractivity contribution in [3.8, 4) is 11.1 Å². The highest BCUT2D eigenvalue weighted by molar-refractivity contribution is 7.99. The van der Waals surface area contributed by atoms with Crippen LogP contribution in [0.15, 0.2) is 28.2 Å². The van der Waals surface area contributed by atoms with Crippen LogP contribution < -0.4 is 5.56 Å². The van der Waals surface area contributed by atoms with Gasteiger partial charge in [0, 0.05) is 22.6 Å². The number of nitrogens with zero attached hydrogens (tertiary/aromatic N) is 1. The van der Waals surface area contributed by atoms with Gasteiger partial charge in [-0.15, -0.1) is 11.3 Å². The van der Waals surface area contributed by atoms with E-state index in [1.165, 1.54) is 30.2 Å². The monoisotopic (exact) mass is 442 g/mol. The Balaban J connectivity index is 1.90. The minimum Gasteiger partial charge on any atom is -0.469 e. The van der Waals surface area contributed by atoms with Crippen molar-refractivity contribution in [1.82, 2.24) is 9.97 Å². The molecule has 0 aliphatic carbocycles. The SMILES string of the molecule is COC(=O)CCCSc1nc2sc(C)c(-c3ccc(Cl)c(Cl)c3)c2c(=O)[nH]1. The number of esters is 1. The van der Waals surface area contributed by atoms with Gasteiger partial charge < -0.3 is 9.72 Å². The number of aromatic amines is 1. The molecule has 142 valence electrons. The largest absolute Gasteiger partial charge is 0.469 e. The number of aryl methyl sites for hydroxylation is 1. The maximum Gasteiger partial charge on any atom is 0.305 e. The van der Waals surface area contributed by atoms with Crippen LogP contribution >= 0.6 is 46.3 Å². The summed E-state index contributed by atoms with van der Waals surface area (Å²) >= 11 is 15.0. The fourth-order valence-corrected chi connectivity index (χ4v) is 4.86. The summed E-state index contributed by atoms with van der Waals surface area (Å²) in [5.41, 5.74) is 1.46. The molecule has 27 heavy (non-hydrogen) atoms. The highest BCUT2D eigenvalue weighted by atomic mass is 35.5. The Labute approximate surface area is 174 Å². The minimum absolute atomic E-state index is 0.194. The number of H-pyrrole nitrogens is 1. The van der Waals surface area contributed by atoms with E-state index in [4.69, 9.17) is 23.2 Å². The lowest BCUT2D eigenvalue weighted by molar-refractivity contribution is -0.140. The Kier molecular flexibility index (Phi) is 6.47. The van der Waals surface area contributed by atoms with Gasteiger partial charge in [-0.25, -0.2) is 4.98 Å². The summed E-state index contributed by atoms with van der Waals surface area (Å²) < 4.78 is 4.62. The predicted octanol–water partition coefficient (Wildman–Crippen LogP) is 5.31. The second kappa shape index (κ2) is 8.65. The molecule has 2 aromatic heterocycles. The number of carbonyl (C=O) groups is 1. The molecule has 0 unspecified atom stereocenters. The van der Waals surface area contributed by atoms with Gasteiger partial charge in [0.25, 0.3) is 5.56 Å². The van der Waals surface area contributed by atoms with Crippen molar-refractivity contribution < 1.29 is 9.53 Å². The van der Waals surface area contributed by atoms with Crippen molar-refractivity contribution in [3.05, 3.63) is 43.5 Å². The fraction of sp³-hybridized carbons (Fsp3) is 0.278. The van der Waals surface area contributed by atoms with Crippen molar-refractivity contribution in [2.75, 3.05) is 12.9 Å². The first-order valence-electron chi connectivity index (χ1n) is 8.09. The standard InChI is InChI=1S/C18H16Cl2N2O3S2/c1-9-14(10-5-6-11(19)12(20)8-10)15-16(24)21-18(22-17(15)27-9)26-7-3-4-13(23)25-2/h5-6,8H,3-4,7H2,1-2H3,(H,21,22,24). The lowest BCUT2D eigenvalue weighted by Crippen LogP contribution is -2.09. The second-order valence-electron chi connectivity index (χ2n) is 5.74. The van der Waals surface area contributed by atoms with E-state index in [-0.39, 0.29) is 11.5 Å². The number of thioether (sulfide) groups is 1. The number of methoxy groups -OCH3 is 1. The molecule has 5 nitrogen and oxygen atoms in total. The highest BCUT2D eigenvalue weighted by Gasteiger charge is 2.17. The van der Waals surface area contributed by atoms with Crippen LogP contribution in [0, 0.1) is 6.92 Å². The molecule has 3 rings (SSSR count). The number of halogens is 2. The summed E-state index contributed by atoms with van der Waals surface area (Å²) in [6.45, 7) is 1.95. The Morgan fingerprint density at radius 1 is 1.33 bits per heavy atom. The van der Waals surface area contributed by atoms with E-state index < -0.39 is 0 Å². The van der Waals surface area contributed by atoms with Crippen LogP contribution in [0.3, 0.4) is 0 Å². The summed E-state index contributed by atoms with van der Waals surface area (Å²) in [4.78, 5) is 32.9. The molecular weight excluding hydrogens is 427 g/mol. The number of fused-ring (bicyclic) bond motifs is 1. The fourth-order valence-electron chi connectivity index (χ4n) is 2.65. The Hall–Kier alpha value is -1.54. The summed E-state index contributed by atoms with van der Waals surface area (Å²) in [6, 6.07) is 5.32. The van der Waals surface area contributed by atoms with E-state index in [2.05, 4.69) is 14.7 Å². The highest BCUT2D eigenvalue weighted by Crippen LogP contribution is 2.38. The molecule has 1 N–H and O–H groups in total. The number of carbonyl (C=O) groups excluding carboxylic acids is 1. The second-order valence-corrected chi connectivity index (χ2v) is 8.84. The van der Waals surface area contributed by atoms with Crippen molar-refractivity contribution in [2.24, 2.45) is 0 Å². The van der Waals surface area contributed by atoms with Crippen LogP contribution in [0.5, 0.6) is 0 Å². The summed E-state index contributed by atoms with van der Waals surface area (Å²) in [5, 5.41) is 2.00. The van der Waals surface area contributed by atoms with Gasteiger partial charge in [-0.2, -0.15) is 0 Å². The number of thiophene rings is 1. The van der Waals surface area contributed by atoms with Gasteiger partial charge in [0.2, 0.25) is 0 Å². The molecule has 2 heterocycles.